The number of hydrogen-bond donors (Lipinski definition) is 4. The number of rotatable bonds is 23. The van der Waals surface area contributed by atoms with E-state index in [1.165, 1.54) is 39.2 Å². The highest BCUT2D eigenvalue weighted by Crippen LogP contribution is 2.33. The summed E-state index contributed by atoms with van der Waals surface area (Å²) in [6.45, 7) is 1.43. The fourth-order valence-corrected chi connectivity index (χ4v) is 6.77. The van der Waals surface area contributed by atoms with Crippen molar-refractivity contribution in [1.29, 1.82) is 0 Å². The van der Waals surface area contributed by atoms with E-state index < -0.39 is 0 Å². The summed E-state index contributed by atoms with van der Waals surface area (Å²) in [6.07, 6.45) is 17.6. The molecule has 0 radical (unpaired) electrons. The highest BCUT2D eigenvalue weighted by Gasteiger charge is 2.42. The highest BCUT2D eigenvalue weighted by atomic mass is 32.2. The van der Waals surface area contributed by atoms with Gasteiger partial charge >= 0.3 is 12.0 Å². The molecule has 0 saturated carbocycles. The number of carbonyl (C=O) groups excluding carboxylic acids is 4. The molecule has 0 aliphatic carbocycles. The molecule has 2 aliphatic heterocycles. The number of carbonyl (C=O) groups is 4. The van der Waals surface area contributed by atoms with E-state index in [1.54, 1.807) is 0 Å². The molecule has 4 amide bonds. The molecule has 0 aromatic heterocycles. The van der Waals surface area contributed by atoms with Crippen LogP contribution in [0.4, 0.5) is 4.79 Å². The van der Waals surface area contributed by atoms with Crippen LogP contribution in [0, 0.1) is 0 Å². The molecule has 2 rings (SSSR count). The summed E-state index contributed by atoms with van der Waals surface area (Å²) in [7, 11) is 1.44. The van der Waals surface area contributed by atoms with Crippen molar-refractivity contribution in [3.63, 3.8) is 0 Å². The minimum absolute atomic E-state index is 0.0499. The largest absolute Gasteiger partial charge is 0.469 e. The van der Waals surface area contributed by atoms with Crippen molar-refractivity contribution in [2.24, 2.45) is 0 Å². The molecule has 2 heterocycles. The number of amides is 4. The average molecular weight is 569 g/mol. The molecule has 2 fully saturated rings. The molecule has 2 saturated heterocycles. The Hall–Kier alpha value is -1.97. The van der Waals surface area contributed by atoms with Gasteiger partial charge in [0, 0.05) is 43.4 Å². The average Bonchev–Trinajstić information content (AvgIpc) is 3.48. The number of urea groups is 1. The maximum Gasteiger partial charge on any atom is 0.315 e. The van der Waals surface area contributed by atoms with Crippen LogP contribution in [-0.4, -0.2) is 67.1 Å². The van der Waals surface area contributed by atoms with Gasteiger partial charge in [-0.2, -0.15) is 11.8 Å². The quantitative estimate of drug-likeness (QED) is 0.0812. The van der Waals surface area contributed by atoms with Crippen molar-refractivity contribution in [2.45, 2.75) is 133 Å². The third kappa shape index (κ3) is 15.4. The predicted molar refractivity (Wildman–Crippen MR) is 157 cm³/mol. The predicted octanol–water partition coefficient (Wildman–Crippen LogP) is 4.58. The first-order chi connectivity index (χ1) is 19.0. The molecular formula is C29H52N4O5S. The molecule has 2 aliphatic rings. The van der Waals surface area contributed by atoms with Gasteiger partial charge in [-0.1, -0.05) is 57.8 Å². The third-order valence-corrected chi connectivity index (χ3v) is 9.10. The lowest BCUT2D eigenvalue weighted by molar-refractivity contribution is -0.140. The first-order valence-corrected chi connectivity index (χ1v) is 16.3. The minimum Gasteiger partial charge on any atom is -0.469 e. The van der Waals surface area contributed by atoms with Crippen LogP contribution in [0.15, 0.2) is 0 Å². The number of ether oxygens (including phenoxy) is 1. The van der Waals surface area contributed by atoms with Gasteiger partial charge in [0.25, 0.3) is 0 Å². The van der Waals surface area contributed by atoms with Crippen LogP contribution in [0.5, 0.6) is 0 Å². The number of esters is 1. The van der Waals surface area contributed by atoms with E-state index in [1.807, 2.05) is 11.8 Å². The second kappa shape index (κ2) is 20.9. The highest BCUT2D eigenvalue weighted by molar-refractivity contribution is 8.00. The molecule has 39 heavy (non-hydrogen) atoms. The SMILES string of the molecule is COC(=O)CCCCCCCCCCCNC(=O)CCCCCNC(=O)CCCC[C@@H]1SC[C@@H]2NC(=O)N[C@@H]21. The Balaban J connectivity index is 1.28. The summed E-state index contributed by atoms with van der Waals surface area (Å²) in [4.78, 5) is 46.5. The molecule has 10 heteroatoms. The lowest BCUT2D eigenvalue weighted by Gasteiger charge is -2.16. The van der Waals surface area contributed by atoms with Gasteiger partial charge in [-0.15, -0.1) is 0 Å². The van der Waals surface area contributed by atoms with Gasteiger partial charge < -0.3 is 26.0 Å². The Kier molecular flexibility index (Phi) is 17.8. The lowest BCUT2D eigenvalue weighted by Crippen LogP contribution is -2.36. The normalized spacial score (nSPS) is 19.7. The van der Waals surface area contributed by atoms with E-state index in [4.69, 9.17) is 0 Å². The number of unbranched alkanes of at least 4 members (excludes halogenated alkanes) is 11. The molecule has 4 N–H and O–H groups in total. The van der Waals surface area contributed by atoms with E-state index in [9.17, 15) is 19.2 Å². The fourth-order valence-electron chi connectivity index (χ4n) is 5.23. The fraction of sp³-hybridized carbons (Fsp3) is 0.862. The molecule has 0 bridgehead atoms. The topological polar surface area (TPSA) is 126 Å². The van der Waals surface area contributed by atoms with Gasteiger partial charge in [0.2, 0.25) is 11.8 Å². The molecule has 9 nitrogen and oxygen atoms in total. The van der Waals surface area contributed by atoms with Crippen molar-refractivity contribution in [3.05, 3.63) is 0 Å². The molecule has 0 spiro atoms. The van der Waals surface area contributed by atoms with Crippen molar-refractivity contribution in [1.82, 2.24) is 21.3 Å². The van der Waals surface area contributed by atoms with E-state index in [-0.39, 0.29) is 35.9 Å². The first-order valence-electron chi connectivity index (χ1n) is 15.3. The summed E-state index contributed by atoms with van der Waals surface area (Å²) >= 11 is 1.91. The Labute approximate surface area is 239 Å². The minimum atomic E-state index is -0.112. The summed E-state index contributed by atoms with van der Waals surface area (Å²) in [5, 5.41) is 12.4. The smallest absolute Gasteiger partial charge is 0.315 e. The van der Waals surface area contributed by atoms with Crippen LogP contribution in [0.2, 0.25) is 0 Å². The van der Waals surface area contributed by atoms with Gasteiger partial charge in [-0.05, 0) is 38.5 Å². The van der Waals surface area contributed by atoms with Gasteiger partial charge in [0.1, 0.15) is 0 Å². The molecule has 3 atom stereocenters. The lowest BCUT2D eigenvalue weighted by atomic mass is 10.0. The second-order valence-electron chi connectivity index (χ2n) is 10.9. The van der Waals surface area contributed by atoms with Crippen LogP contribution < -0.4 is 21.3 Å². The number of nitrogens with one attached hydrogen (secondary N) is 4. The maximum atomic E-state index is 12.1. The van der Waals surface area contributed by atoms with E-state index >= 15 is 0 Å². The zero-order valence-electron chi connectivity index (χ0n) is 24.0. The first kappa shape index (κ1) is 33.2. The molecule has 0 aromatic carbocycles. The van der Waals surface area contributed by atoms with Crippen molar-refractivity contribution >= 4 is 35.6 Å². The Morgan fingerprint density at radius 1 is 0.744 bits per heavy atom. The molecular weight excluding hydrogens is 516 g/mol. The van der Waals surface area contributed by atoms with Crippen LogP contribution in [0.25, 0.3) is 0 Å². The van der Waals surface area contributed by atoms with Crippen molar-refractivity contribution < 1.29 is 23.9 Å². The Morgan fingerprint density at radius 3 is 1.87 bits per heavy atom. The Morgan fingerprint density at radius 2 is 1.26 bits per heavy atom. The van der Waals surface area contributed by atoms with E-state index in [0.717, 1.165) is 76.5 Å². The number of methoxy groups -OCH3 is 1. The summed E-state index contributed by atoms with van der Waals surface area (Å²) in [6, 6.07) is 0.448. The van der Waals surface area contributed by atoms with E-state index in [0.29, 0.717) is 31.1 Å². The van der Waals surface area contributed by atoms with Gasteiger partial charge in [-0.25, -0.2) is 4.79 Å². The van der Waals surface area contributed by atoms with Crippen LogP contribution in [-0.2, 0) is 19.1 Å². The zero-order valence-corrected chi connectivity index (χ0v) is 24.8. The standard InChI is InChI=1S/C29H52N4O5S/c1-38-27(36)19-11-7-5-3-2-4-6-8-14-20-30-25(34)17-10-9-15-21-31-26(35)18-13-12-16-24-28-23(22-39-24)32-29(37)33-28/h23-24,28H,2-22H2,1H3,(H,30,34)(H,31,35)(H2,32,33,37)/t23-,24-,28-/m0/s1. The van der Waals surface area contributed by atoms with Crippen molar-refractivity contribution in [3.8, 4) is 0 Å². The van der Waals surface area contributed by atoms with Crippen LogP contribution in [0.3, 0.4) is 0 Å². The third-order valence-electron chi connectivity index (χ3n) is 7.59. The Bertz CT molecular complexity index is 738. The van der Waals surface area contributed by atoms with Gasteiger partial charge in [-0.3, -0.25) is 14.4 Å². The second-order valence-corrected chi connectivity index (χ2v) is 12.2. The van der Waals surface area contributed by atoms with Crippen molar-refractivity contribution in [2.75, 3.05) is 26.0 Å². The van der Waals surface area contributed by atoms with Crippen LogP contribution in [0.1, 0.15) is 116 Å². The maximum absolute atomic E-state index is 12.1. The monoisotopic (exact) mass is 568 g/mol. The van der Waals surface area contributed by atoms with Gasteiger partial charge in [0.05, 0.1) is 19.2 Å². The summed E-state index contributed by atoms with van der Waals surface area (Å²) in [5.41, 5.74) is 0. The summed E-state index contributed by atoms with van der Waals surface area (Å²) in [5.74, 6) is 1.10. The number of thioether (sulfide) groups is 1. The van der Waals surface area contributed by atoms with Crippen LogP contribution >= 0.6 is 11.8 Å². The number of fused-ring (bicyclic) bond motifs is 1. The molecule has 224 valence electrons. The molecule has 0 aromatic rings. The zero-order chi connectivity index (χ0) is 28.1. The molecule has 0 unspecified atom stereocenters. The van der Waals surface area contributed by atoms with E-state index in [2.05, 4.69) is 26.0 Å². The summed E-state index contributed by atoms with van der Waals surface area (Å²) < 4.78 is 4.64. The number of hydrogen-bond acceptors (Lipinski definition) is 6. The van der Waals surface area contributed by atoms with Gasteiger partial charge in [0.15, 0.2) is 0 Å².